The highest BCUT2D eigenvalue weighted by Crippen LogP contribution is 2.42. The maximum Gasteiger partial charge on any atom is 0.261 e. The summed E-state index contributed by atoms with van der Waals surface area (Å²) in [5, 5.41) is 0. The SMILES string of the molecule is CCN1C(=O)C(C)(C)c2cc(NS(=O)(=O)c3ccc(C)cc3)ccc21. The Balaban J connectivity index is 1.97. The molecule has 0 saturated heterocycles. The second-order valence-corrected chi connectivity index (χ2v) is 8.51. The van der Waals surface area contributed by atoms with E-state index in [1.54, 1.807) is 47.4 Å². The van der Waals surface area contributed by atoms with Gasteiger partial charge in [0.05, 0.1) is 10.3 Å². The van der Waals surface area contributed by atoms with E-state index in [1.807, 2.05) is 27.7 Å². The van der Waals surface area contributed by atoms with Crippen molar-refractivity contribution in [2.24, 2.45) is 0 Å². The predicted molar refractivity (Wildman–Crippen MR) is 99.5 cm³/mol. The third-order valence-electron chi connectivity index (χ3n) is 4.64. The van der Waals surface area contributed by atoms with E-state index in [4.69, 9.17) is 0 Å². The van der Waals surface area contributed by atoms with Gasteiger partial charge in [-0.2, -0.15) is 0 Å². The van der Waals surface area contributed by atoms with Gasteiger partial charge in [0.1, 0.15) is 0 Å². The lowest BCUT2D eigenvalue weighted by Crippen LogP contribution is -2.35. The van der Waals surface area contributed by atoms with Crippen molar-refractivity contribution in [3.8, 4) is 0 Å². The summed E-state index contributed by atoms with van der Waals surface area (Å²) in [5.41, 5.74) is 2.46. The fraction of sp³-hybridized carbons (Fsp3) is 0.316. The highest BCUT2D eigenvalue weighted by Gasteiger charge is 2.43. The van der Waals surface area contributed by atoms with Crippen LogP contribution in [0.1, 0.15) is 31.9 Å². The molecule has 2 aromatic carbocycles. The van der Waals surface area contributed by atoms with Gasteiger partial charge in [-0.25, -0.2) is 8.42 Å². The third kappa shape index (κ3) is 2.91. The standard InChI is InChI=1S/C19H22N2O3S/c1-5-21-17-11-8-14(12-16(17)19(3,4)18(21)22)20-25(23,24)15-9-6-13(2)7-10-15/h6-12,20H,5H2,1-4H3. The quantitative estimate of drug-likeness (QED) is 0.910. The van der Waals surface area contributed by atoms with Crippen LogP contribution in [0.5, 0.6) is 0 Å². The van der Waals surface area contributed by atoms with Gasteiger partial charge in [0.25, 0.3) is 10.0 Å². The smallest absolute Gasteiger partial charge is 0.261 e. The van der Waals surface area contributed by atoms with Gasteiger partial charge in [0.2, 0.25) is 5.91 Å². The molecule has 0 radical (unpaired) electrons. The highest BCUT2D eigenvalue weighted by atomic mass is 32.2. The van der Waals surface area contributed by atoms with Crippen LogP contribution >= 0.6 is 0 Å². The summed E-state index contributed by atoms with van der Waals surface area (Å²) < 4.78 is 27.8. The number of hydrogen-bond acceptors (Lipinski definition) is 3. The number of sulfonamides is 1. The molecule has 2 aromatic rings. The monoisotopic (exact) mass is 358 g/mol. The van der Waals surface area contributed by atoms with Crippen molar-refractivity contribution in [1.82, 2.24) is 0 Å². The third-order valence-corrected chi connectivity index (χ3v) is 6.04. The van der Waals surface area contributed by atoms with Crippen LogP contribution in [0.15, 0.2) is 47.4 Å². The second kappa shape index (κ2) is 5.88. The topological polar surface area (TPSA) is 66.5 Å². The molecule has 1 aliphatic heterocycles. The number of nitrogens with zero attached hydrogens (tertiary/aromatic N) is 1. The maximum atomic E-state index is 12.6. The van der Waals surface area contributed by atoms with Crippen molar-refractivity contribution < 1.29 is 13.2 Å². The van der Waals surface area contributed by atoms with Crippen LogP contribution in [0.25, 0.3) is 0 Å². The number of nitrogens with one attached hydrogen (secondary N) is 1. The van der Waals surface area contributed by atoms with E-state index >= 15 is 0 Å². The van der Waals surface area contributed by atoms with Gasteiger partial charge >= 0.3 is 0 Å². The summed E-state index contributed by atoms with van der Waals surface area (Å²) in [7, 11) is -3.67. The molecule has 0 atom stereocenters. The zero-order valence-electron chi connectivity index (χ0n) is 14.8. The molecule has 0 saturated carbocycles. The Kier molecular flexibility index (Phi) is 4.11. The van der Waals surface area contributed by atoms with E-state index in [2.05, 4.69) is 4.72 Å². The number of amides is 1. The van der Waals surface area contributed by atoms with Crippen molar-refractivity contribution in [3.63, 3.8) is 0 Å². The fourth-order valence-electron chi connectivity index (χ4n) is 3.14. The first-order valence-corrected chi connectivity index (χ1v) is 9.71. The van der Waals surface area contributed by atoms with E-state index < -0.39 is 15.4 Å². The van der Waals surface area contributed by atoms with Crippen molar-refractivity contribution in [2.75, 3.05) is 16.2 Å². The molecule has 1 N–H and O–H groups in total. The number of rotatable bonds is 4. The van der Waals surface area contributed by atoms with Gasteiger partial charge in [-0.3, -0.25) is 9.52 Å². The predicted octanol–water partition coefficient (Wildman–Crippen LogP) is 3.44. The molecule has 0 unspecified atom stereocenters. The Bertz CT molecular complexity index is 932. The number of carbonyl (C=O) groups is 1. The van der Waals surface area contributed by atoms with Crippen LogP contribution in [0.2, 0.25) is 0 Å². The van der Waals surface area contributed by atoms with Crippen molar-refractivity contribution in [1.29, 1.82) is 0 Å². The van der Waals surface area contributed by atoms with E-state index in [0.717, 1.165) is 16.8 Å². The van der Waals surface area contributed by atoms with Gasteiger partial charge < -0.3 is 4.90 Å². The molecular formula is C19H22N2O3S. The summed E-state index contributed by atoms with van der Waals surface area (Å²) in [6.45, 7) is 8.15. The van der Waals surface area contributed by atoms with E-state index in [9.17, 15) is 13.2 Å². The van der Waals surface area contributed by atoms with E-state index in [1.165, 1.54) is 0 Å². The lowest BCUT2D eigenvalue weighted by molar-refractivity contribution is -0.122. The zero-order chi connectivity index (χ0) is 18.4. The average Bonchev–Trinajstić information content (AvgIpc) is 2.74. The molecule has 25 heavy (non-hydrogen) atoms. The first kappa shape index (κ1) is 17.5. The van der Waals surface area contributed by atoms with Gasteiger partial charge in [0, 0.05) is 17.9 Å². The van der Waals surface area contributed by atoms with Crippen LogP contribution in [0.3, 0.4) is 0 Å². The first-order chi connectivity index (χ1) is 11.7. The molecule has 3 rings (SSSR count). The molecule has 1 amide bonds. The average molecular weight is 358 g/mol. The Labute approximate surface area is 148 Å². The minimum Gasteiger partial charge on any atom is -0.312 e. The molecule has 0 aromatic heterocycles. The van der Waals surface area contributed by atoms with E-state index in [0.29, 0.717) is 12.2 Å². The number of benzene rings is 2. The molecule has 6 heteroatoms. The number of anilines is 2. The van der Waals surface area contributed by atoms with Crippen LogP contribution < -0.4 is 9.62 Å². The molecule has 5 nitrogen and oxygen atoms in total. The molecular weight excluding hydrogens is 336 g/mol. The van der Waals surface area contributed by atoms with Crippen LogP contribution in [0, 0.1) is 6.92 Å². The number of fused-ring (bicyclic) bond motifs is 1. The van der Waals surface area contributed by atoms with Crippen molar-refractivity contribution in [2.45, 2.75) is 38.0 Å². The zero-order valence-corrected chi connectivity index (χ0v) is 15.6. The summed E-state index contributed by atoms with van der Waals surface area (Å²) >= 11 is 0. The Hall–Kier alpha value is -2.34. The van der Waals surface area contributed by atoms with Crippen molar-refractivity contribution in [3.05, 3.63) is 53.6 Å². The number of hydrogen-bond donors (Lipinski definition) is 1. The Morgan fingerprint density at radius 1 is 1.08 bits per heavy atom. The van der Waals surface area contributed by atoms with Gasteiger partial charge in [-0.1, -0.05) is 17.7 Å². The summed E-state index contributed by atoms with van der Waals surface area (Å²) in [6.07, 6.45) is 0. The Morgan fingerprint density at radius 2 is 1.72 bits per heavy atom. The molecule has 0 bridgehead atoms. The number of aryl methyl sites for hydroxylation is 1. The van der Waals surface area contributed by atoms with Crippen molar-refractivity contribution >= 4 is 27.3 Å². The summed E-state index contributed by atoms with van der Waals surface area (Å²) in [6, 6.07) is 11.9. The first-order valence-electron chi connectivity index (χ1n) is 8.23. The normalized spacial score (nSPS) is 16.0. The van der Waals surface area contributed by atoms with E-state index in [-0.39, 0.29) is 10.8 Å². The maximum absolute atomic E-state index is 12.6. The molecule has 132 valence electrons. The lowest BCUT2D eigenvalue weighted by atomic mass is 9.86. The fourth-order valence-corrected chi connectivity index (χ4v) is 4.19. The van der Waals surface area contributed by atoms with Crippen LogP contribution in [-0.2, 0) is 20.2 Å². The van der Waals surface area contributed by atoms with Gasteiger partial charge in [0.15, 0.2) is 0 Å². The minimum absolute atomic E-state index is 0.0311. The molecule has 1 aliphatic rings. The highest BCUT2D eigenvalue weighted by molar-refractivity contribution is 7.92. The van der Waals surface area contributed by atoms with Crippen LogP contribution in [-0.4, -0.2) is 20.9 Å². The molecule has 1 heterocycles. The van der Waals surface area contributed by atoms with Gasteiger partial charge in [-0.05, 0) is 63.6 Å². The Morgan fingerprint density at radius 3 is 2.32 bits per heavy atom. The van der Waals surface area contributed by atoms with Gasteiger partial charge in [-0.15, -0.1) is 0 Å². The second-order valence-electron chi connectivity index (χ2n) is 6.82. The van der Waals surface area contributed by atoms with Crippen LogP contribution in [0.4, 0.5) is 11.4 Å². The summed E-state index contributed by atoms with van der Waals surface area (Å²) in [4.78, 5) is 14.5. The molecule has 0 fully saturated rings. The number of carbonyl (C=O) groups excluding carboxylic acids is 1. The molecule has 0 aliphatic carbocycles. The minimum atomic E-state index is -3.67. The molecule has 0 spiro atoms. The summed E-state index contributed by atoms with van der Waals surface area (Å²) in [5.74, 6) is 0.0311. The largest absolute Gasteiger partial charge is 0.312 e. The number of likely N-dealkylation sites (N-methyl/N-ethyl adjacent to an activating group) is 1. The lowest BCUT2D eigenvalue weighted by Gasteiger charge is -2.18.